The molecule has 10 nitrogen and oxygen atoms in total. The Kier molecular flexibility index (Phi) is 3.99. The number of anilines is 2. The van der Waals surface area contributed by atoms with Gasteiger partial charge < -0.3 is 21.3 Å². The summed E-state index contributed by atoms with van der Waals surface area (Å²) in [5.41, 5.74) is 9.85. The van der Waals surface area contributed by atoms with Crippen LogP contribution in [0.4, 0.5) is 21.0 Å². The van der Waals surface area contributed by atoms with Gasteiger partial charge >= 0.3 is 12.1 Å². The van der Waals surface area contributed by atoms with E-state index in [9.17, 15) is 14.7 Å². The number of nitrogens with two attached hydrogens (primary N) is 4. The number of primary amides is 2. The predicted octanol–water partition coefficient (Wildman–Crippen LogP) is -1.08. The molecule has 9 N–H and O–H groups in total. The minimum absolute atomic E-state index is 0.00544. The number of benzene rings is 1. The maximum Gasteiger partial charge on any atom is 0.333 e. The molecule has 1 aromatic rings. The Morgan fingerprint density at radius 3 is 2.00 bits per heavy atom. The van der Waals surface area contributed by atoms with E-state index in [0.717, 1.165) is 6.07 Å². The SMILES string of the molecule is COc1cc(N(N)C(N)=O)c(O)cc1N(N)C(N)=O. The number of phenolic OH excluding ortho intramolecular Hbond substituents is 1. The Hall–Kier alpha value is -2.72. The van der Waals surface area contributed by atoms with Gasteiger partial charge in [-0.2, -0.15) is 0 Å². The van der Waals surface area contributed by atoms with Gasteiger partial charge in [-0.25, -0.2) is 31.3 Å². The molecule has 4 amide bonds. The molecule has 0 bridgehead atoms. The second kappa shape index (κ2) is 5.29. The molecule has 0 aliphatic carbocycles. The van der Waals surface area contributed by atoms with E-state index in [0.29, 0.717) is 10.0 Å². The van der Waals surface area contributed by atoms with Crippen LogP contribution in [0.2, 0.25) is 0 Å². The summed E-state index contributed by atoms with van der Waals surface area (Å²) in [6.45, 7) is 0. The Morgan fingerprint density at radius 1 is 1.11 bits per heavy atom. The molecule has 0 fully saturated rings. The molecule has 0 spiro atoms. The zero-order chi connectivity index (χ0) is 14.7. The highest BCUT2D eigenvalue weighted by atomic mass is 16.5. The van der Waals surface area contributed by atoms with Crippen molar-refractivity contribution in [3.8, 4) is 11.5 Å². The fraction of sp³-hybridized carbons (Fsp3) is 0.111. The molecule has 0 aromatic heterocycles. The van der Waals surface area contributed by atoms with E-state index in [2.05, 4.69) is 0 Å². The third kappa shape index (κ3) is 2.75. The fourth-order valence-electron chi connectivity index (χ4n) is 1.33. The van der Waals surface area contributed by atoms with Crippen LogP contribution >= 0.6 is 0 Å². The lowest BCUT2D eigenvalue weighted by Crippen LogP contribution is -2.42. The molecule has 0 atom stereocenters. The first kappa shape index (κ1) is 14.3. The van der Waals surface area contributed by atoms with Gasteiger partial charge in [-0.05, 0) is 0 Å². The first-order valence-electron chi connectivity index (χ1n) is 4.89. The van der Waals surface area contributed by atoms with Crippen molar-refractivity contribution in [2.75, 3.05) is 17.1 Å². The lowest BCUT2D eigenvalue weighted by Gasteiger charge is -2.21. The average molecular weight is 270 g/mol. The zero-order valence-electron chi connectivity index (χ0n) is 10.0. The number of hydrogen-bond donors (Lipinski definition) is 5. The van der Waals surface area contributed by atoms with Crippen molar-refractivity contribution in [3.05, 3.63) is 12.1 Å². The van der Waals surface area contributed by atoms with Crippen LogP contribution in [0.5, 0.6) is 11.5 Å². The third-order valence-corrected chi connectivity index (χ3v) is 2.27. The Morgan fingerprint density at radius 2 is 1.58 bits per heavy atom. The second-order valence-corrected chi connectivity index (χ2v) is 3.43. The van der Waals surface area contributed by atoms with Gasteiger partial charge in [0.2, 0.25) is 0 Å². The van der Waals surface area contributed by atoms with Gasteiger partial charge in [0.05, 0.1) is 7.11 Å². The van der Waals surface area contributed by atoms with Crippen molar-refractivity contribution in [2.24, 2.45) is 23.2 Å². The normalized spacial score (nSPS) is 9.84. The summed E-state index contributed by atoms with van der Waals surface area (Å²) in [7, 11) is 1.29. The minimum Gasteiger partial charge on any atom is -0.506 e. The van der Waals surface area contributed by atoms with Crippen molar-refractivity contribution in [2.45, 2.75) is 0 Å². The number of urea groups is 2. The van der Waals surface area contributed by atoms with Crippen molar-refractivity contribution in [1.82, 2.24) is 0 Å². The summed E-state index contributed by atoms with van der Waals surface area (Å²) in [5.74, 6) is 10.4. The number of methoxy groups -OCH3 is 1. The molecule has 19 heavy (non-hydrogen) atoms. The number of carbonyl (C=O) groups excluding carboxylic acids is 2. The fourth-order valence-corrected chi connectivity index (χ4v) is 1.33. The highest BCUT2D eigenvalue weighted by molar-refractivity contribution is 5.95. The number of nitrogens with zero attached hydrogens (tertiary/aromatic N) is 2. The largest absolute Gasteiger partial charge is 0.506 e. The van der Waals surface area contributed by atoms with Gasteiger partial charge in [0.25, 0.3) is 0 Å². The molecule has 0 saturated carbocycles. The van der Waals surface area contributed by atoms with Crippen LogP contribution in [0.25, 0.3) is 0 Å². The number of hydrogen-bond acceptors (Lipinski definition) is 6. The molecule has 0 radical (unpaired) electrons. The van der Waals surface area contributed by atoms with E-state index < -0.39 is 17.8 Å². The van der Waals surface area contributed by atoms with Gasteiger partial charge in [-0.1, -0.05) is 0 Å². The first-order valence-corrected chi connectivity index (χ1v) is 4.89. The van der Waals surface area contributed by atoms with Gasteiger partial charge in [-0.15, -0.1) is 0 Å². The van der Waals surface area contributed by atoms with Crippen LogP contribution in [0.15, 0.2) is 12.1 Å². The second-order valence-electron chi connectivity index (χ2n) is 3.43. The zero-order valence-corrected chi connectivity index (χ0v) is 10.0. The Bertz CT molecular complexity index is 520. The standard InChI is InChI=1S/C9H14N6O4/c1-19-7-3-4(14(12)8(10)17)6(16)2-5(7)15(13)9(11)18/h2-3,16H,12-13H2,1H3,(H2,10,17)(H2,11,18). The van der Waals surface area contributed by atoms with E-state index >= 15 is 0 Å². The molecule has 0 saturated heterocycles. The summed E-state index contributed by atoms with van der Waals surface area (Å²) in [5, 5.41) is 10.8. The predicted molar refractivity (Wildman–Crippen MR) is 67.2 cm³/mol. The third-order valence-electron chi connectivity index (χ3n) is 2.27. The number of aromatic hydroxyl groups is 1. The average Bonchev–Trinajstić information content (AvgIpc) is 2.36. The van der Waals surface area contributed by atoms with Crippen LogP contribution in [0, 0.1) is 0 Å². The number of carbonyl (C=O) groups is 2. The monoisotopic (exact) mass is 270 g/mol. The highest BCUT2D eigenvalue weighted by Crippen LogP contribution is 2.38. The van der Waals surface area contributed by atoms with Crippen LogP contribution in [-0.4, -0.2) is 24.3 Å². The van der Waals surface area contributed by atoms with E-state index in [-0.39, 0.29) is 17.1 Å². The smallest absolute Gasteiger partial charge is 0.333 e. The molecule has 1 aromatic carbocycles. The Labute approximate surface area is 108 Å². The van der Waals surface area contributed by atoms with Gasteiger partial charge in [0.1, 0.15) is 22.9 Å². The summed E-state index contributed by atoms with van der Waals surface area (Å²) in [6.07, 6.45) is 0. The van der Waals surface area contributed by atoms with E-state index in [4.69, 9.17) is 27.9 Å². The molecule has 0 aliphatic rings. The summed E-state index contributed by atoms with van der Waals surface area (Å²) in [6, 6.07) is 0.273. The molecule has 0 heterocycles. The maximum atomic E-state index is 11.0. The molecular formula is C9H14N6O4. The van der Waals surface area contributed by atoms with Crippen LogP contribution in [0.3, 0.4) is 0 Å². The number of amides is 4. The topological polar surface area (TPSA) is 174 Å². The summed E-state index contributed by atoms with van der Waals surface area (Å²) < 4.78 is 4.97. The van der Waals surface area contributed by atoms with E-state index in [1.165, 1.54) is 13.2 Å². The number of ether oxygens (including phenoxy) is 1. The molecule has 1 rings (SSSR count). The molecule has 0 unspecified atom stereocenters. The number of rotatable bonds is 3. The number of hydrazine groups is 2. The van der Waals surface area contributed by atoms with E-state index in [1.54, 1.807) is 0 Å². The molecule has 10 heteroatoms. The van der Waals surface area contributed by atoms with Crippen LogP contribution in [0.1, 0.15) is 0 Å². The highest BCUT2D eigenvalue weighted by Gasteiger charge is 2.20. The maximum absolute atomic E-state index is 11.0. The lowest BCUT2D eigenvalue weighted by atomic mass is 10.2. The van der Waals surface area contributed by atoms with Crippen LogP contribution < -0.4 is 37.9 Å². The van der Waals surface area contributed by atoms with Crippen molar-refractivity contribution in [1.29, 1.82) is 0 Å². The lowest BCUT2D eigenvalue weighted by molar-refractivity contribution is 0.252. The van der Waals surface area contributed by atoms with Crippen molar-refractivity contribution in [3.63, 3.8) is 0 Å². The molecule has 0 aliphatic heterocycles. The molecular weight excluding hydrogens is 256 g/mol. The van der Waals surface area contributed by atoms with Gasteiger partial charge in [-0.3, -0.25) is 0 Å². The van der Waals surface area contributed by atoms with Crippen molar-refractivity contribution < 1.29 is 19.4 Å². The minimum atomic E-state index is -0.996. The van der Waals surface area contributed by atoms with Crippen molar-refractivity contribution >= 4 is 23.4 Å². The Balaban J connectivity index is 3.36. The van der Waals surface area contributed by atoms with Crippen LogP contribution in [-0.2, 0) is 0 Å². The summed E-state index contributed by atoms with van der Waals surface area (Å²) in [4.78, 5) is 21.9. The first-order chi connectivity index (χ1) is 8.79. The molecule has 104 valence electrons. The van der Waals surface area contributed by atoms with Gasteiger partial charge in [0.15, 0.2) is 0 Å². The quantitative estimate of drug-likeness (QED) is 0.265. The number of phenols is 1. The van der Waals surface area contributed by atoms with E-state index in [1.807, 2.05) is 0 Å². The summed E-state index contributed by atoms with van der Waals surface area (Å²) >= 11 is 0. The van der Waals surface area contributed by atoms with Gasteiger partial charge in [0, 0.05) is 12.1 Å².